The van der Waals surface area contributed by atoms with Crippen molar-refractivity contribution >= 4 is 33.9 Å². The Morgan fingerprint density at radius 2 is 1.65 bits per heavy atom. The highest BCUT2D eigenvalue weighted by atomic mass is 79.9. The lowest BCUT2D eigenvalue weighted by atomic mass is 10.1. The molecule has 7 heteroatoms. The number of hydrogen-bond donors (Lipinski definition) is 2. The van der Waals surface area contributed by atoms with Crippen LogP contribution in [0.1, 0.15) is 19.4 Å². The number of carbonyl (C=O) groups is 2. The molecule has 1 heterocycles. The molecule has 106 valence electrons. The minimum absolute atomic E-state index is 0.0920. The van der Waals surface area contributed by atoms with Crippen molar-refractivity contribution in [1.82, 2.24) is 0 Å². The van der Waals surface area contributed by atoms with Gasteiger partial charge < -0.3 is 19.7 Å². The number of halogens is 1. The maximum absolute atomic E-state index is 11.7. The van der Waals surface area contributed by atoms with Crippen LogP contribution in [0.4, 0.5) is 0 Å². The molecular weight excluding hydrogens is 332 g/mol. The van der Waals surface area contributed by atoms with Gasteiger partial charge >= 0.3 is 11.9 Å². The minimum Gasteiger partial charge on any atom is -0.504 e. The number of rotatable bonds is 1. The van der Waals surface area contributed by atoms with E-state index < -0.39 is 29.2 Å². The van der Waals surface area contributed by atoms with Gasteiger partial charge in [-0.15, -0.1) is 0 Å². The summed E-state index contributed by atoms with van der Waals surface area (Å²) in [6, 6.07) is 2.89. The molecule has 0 amide bonds. The molecule has 0 atom stereocenters. The lowest BCUT2D eigenvalue weighted by Crippen LogP contribution is -2.41. The van der Waals surface area contributed by atoms with Crippen LogP contribution in [0.3, 0.4) is 0 Å². The summed E-state index contributed by atoms with van der Waals surface area (Å²) < 4.78 is 10.1. The summed E-state index contributed by atoms with van der Waals surface area (Å²) in [6.45, 7) is 2.87. The Kier molecular flexibility index (Phi) is 3.47. The highest BCUT2D eigenvalue weighted by molar-refractivity contribution is 9.10. The van der Waals surface area contributed by atoms with Crippen LogP contribution in [0.2, 0.25) is 0 Å². The number of phenols is 2. The Hall–Kier alpha value is -2.02. The van der Waals surface area contributed by atoms with E-state index in [1.807, 2.05) is 0 Å². The summed E-state index contributed by atoms with van der Waals surface area (Å²) in [5.41, 5.74) is -0.268. The van der Waals surface area contributed by atoms with Crippen LogP contribution in [-0.2, 0) is 19.1 Å². The van der Waals surface area contributed by atoms with Gasteiger partial charge in [0.05, 0.1) is 4.47 Å². The molecule has 1 aromatic carbocycles. The van der Waals surface area contributed by atoms with Crippen LogP contribution in [0.5, 0.6) is 11.5 Å². The molecule has 20 heavy (non-hydrogen) atoms. The first-order valence-corrected chi connectivity index (χ1v) is 6.39. The first-order chi connectivity index (χ1) is 9.21. The van der Waals surface area contributed by atoms with Crippen molar-refractivity contribution in [1.29, 1.82) is 0 Å². The van der Waals surface area contributed by atoms with Gasteiger partial charge in [-0.3, -0.25) is 0 Å². The second kappa shape index (κ2) is 4.82. The number of carbonyl (C=O) groups excluding carboxylic acids is 2. The quantitative estimate of drug-likeness (QED) is 0.351. The zero-order valence-corrected chi connectivity index (χ0v) is 12.2. The summed E-state index contributed by atoms with van der Waals surface area (Å²) >= 11 is 3.03. The molecule has 0 aliphatic carbocycles. The van der Waals surface area contributed by atoms with Crippen molar-refractivity contribution in [3.05, 3.63) is 27.7 Å². The highest BCUT2D eigenvalue weighted by Gasteiger charge is 2.39. The number of esters is 2. The maximum Gasteiger partial charge on any atom is 0.348 e. The lowest BCUT2D eigenvalue weighted by molar-refractivity contribution is -0.222. The summed E-state index contributed by atoms with van der Waals surface area (Å²) in [6.07, 6.45) is 1.10. The molecule has 6 nitrogen and oxygen atoms in total. The van der Waals surface area contributed by atoms with Crippen molar-refractivity contribution in [2.75, 3.05) is 0 Å². The van der Waals surface area contributed by atoms with Crippen LogP contribution in [0.15, 0.2) is 22.2 Å². The largest absolute Gasteiger partial charge is 0.504 e. The number of cyclic esters (lactones) is 2. The smallest absolute Gasteiger partial charge is 0.348 e. The molecule has 1 aliphatic heterocycles. The molecule has 1 aromatic rings. The van der Waals surface area contributed by atoms with Crippen LogP contribution in [0.25, 0.3) is 6.08 Å². The van der Waals surface area contributed by atoms with E-state index in [4.69, 9.17) is 9.47 Å². The fourth-order valence-electron chi connectivity index (χ4n) is 1.62. The Morgan fingerprint density at radius 3 is 2.20 bits per heavy atom. The zero-order valence-electron chi connectivity index (χ0n) is 10.6. The summed E-state index contributed by atoms with van der Waals surface area (Å²) in [7, 11) is 0. The number of benzene rings is 1. The Labute approximate surface area is 122 Å². The molecule has 2 rings (SSSR count). The SMILES string of the molecule is CC1(C)OC(=O)C(=Cc2ccc(Br)c(O)c2O)C(=O)O1. The molecule has 1 saturated heterocycles. The van der Waals surface area contributed by atoms with E-state index in [0.29, 0.717) is 0 Å². The van der Waals surface area contributed by atoms with Crippen LogP contribution in [0, 0.1) is 0 Å². The first-order valence-electron chi connectivity index (χ1n) is 5.60. The van der Waals surface area contributed by atoms with Gasteiger partial charge in [-0.05, 0) is 34.1 Å². The minimum atomic E-state index is -1.32. The molecule has 1 fully saturated rings. The van der Waals surface area contributed by atoms with Gasteiger partial charge in [0.2, 0.25) is 0 Å². The van der Waals surface area contributed by atoms with Gasteiger partial charge in [-0.2, -0.15) is 0 Å². The third kappa shape index (κ3) is 2.62. The topological polar surface area (TPSA) is 93.1 Å². The van der Waals surface area contributed by atoms with Gasteiger partial charge in [0.1, 0.15) is 5.57 Å². The number of ether oxygens (including phenoxy) is 2. The van der Waals surface area contributed by atoms with Crippen LogP contribution >= 0.6 is 15.9 Å². The fourth-order valence-corrected chi connectivity index (χ4v) is 1.94. The van der Waals surface area contributed by atoms with Gasteiger partial charge in [0.15, 0.2) is 11.5 Å². The van der Waals surface area contributed by atoms with E-state index in [2.05, 4.69) is 15.9 Å². The van der Waals surface area contributed by atoms with Crippen molar-refractivity contribution in [3.8, 4) is 11.5 Å². The van der Waals surface area contributed by atoms with E-state index >= 15 is 0 Å². The van der Waals surface area contributed by atoms with Crippen molar-refractivity contribution < 1.29 is 29.3 Å². The first kappa shape index (κ1) is 14.4. The monoisotopic (exact) mass is 342 g/mol. The van der Waals surface area contributed by atoms with Gasteiger partial charge in [0, 0.05) is 19.4 Å². The van der Waals surface area contributed by atoms with E-state index in [-0.39, 0.29) is 15.6 Å². The van der Waals surface area contributed by atoms with Crippen LogP contribution in [-0.4, -0.2) is 27.9 Å². The average Bonchev–Trinajstić information content (AvgIpc) is 2.32. The molecule has 1 aliphatic rings. The van der Waals surface area contributed by atoms with Gasteiger partial charge in [0.25, 0.3) is 5.79 Å². The standard InChI is InChI=1S/C13H11BrO6/c1-13(2)19-11(17)7(12(18)20-13)5-6-3-4-8(14)10(16)9(6)15/h3-5,15-16H,1-2H3. The van der Waals surface area contributed by atoms with E-state index in [1.54, 1.807) is 0 Å². The molecule has 0 bridgehead atoms. The van der Waals surface area contributed by atoms with Crippen molar-refractivity contribution in [2.24, 2.45) is 0 Å². The predicted molar refractivity (Wildman–Crippen MR) is 71.7 cm³/mol. The predicted octanol–water partition coefficient (Wildman–Crippen LogP) is 2.08. The fraction of sp³-hybridized carbons (Fsp3) is 0.231. The zero-order chi connectivity index (χ0) is 15.1. The van der Waals surface area contributed by atoms with Crippen molar-refractivity contribution in [3.63, 3.8) is 0 Å². The number of hydrogen-bond acceptors (Lipinski definition) is 6. The van der Waals surface area contributed by atoms with E-state index in [0.717, 1.165) is 6.08 Å². The Bertz CT molecular complexity index is 610. The van der Waals surface area contributed by atoms with Crippen molar-refractivity contribution in [2.45, 2.75) is 19.6 Å². The summed E-state index contributed by atoms with van der Waals surface area (Å²) in [5, 5.41) is 19.3. The normalized spacial score (nSPS) is 17.4. The maximum atomic E-state index is 11.7. The van der Waals surface area contributed by atoms with Crippen LogP contribution < -0.4 is 0 Å². The molecule has 0 aromatic heterocycles. The molecule has 2 N–H and O–H groups in total. The molecular formula is C13H11BrO6. The highest BCUT2D eigenvalue weighted by Crippen LogP contribution is 2.37. The van der Waals surface area contributed by atoms with E-state index in [9.17, 15) is 19.8 Å². The van der Waals surface area contributed by atoms with Gasteiger partial charge in [-0.1, -0.05) is 0 Å². The number of aromatic hydroxyl groups is 2. The second-order valence-electron chi connectivity index (χ2n) is 4.57. The summed E-state index contributed by atoms with van der Waals surface area (Å²) in [5.74, 6) is -3.88. The third-order valence-electron chi connectivity index (χ3n) is 2.55. The summed E-state index contributed by atoms with van der Waals surface area (Å²) in [4.78, 5) is 23.5. The lowest BCUT2D eigenvalue weighted by Gasteiger charge is -2.29. The average molecular weight is 343 g/mol. The molecule has 0 saturated carbocycles. The Morgan fingerprint density at radius 1 is 1.10 bits per heavy atom. The second-order valence-corrected chi connectivity index (χ2v) is 5.43. The van der Waals surface area contributed by atoms with E-state index in [1.165, 1.54) is 26.0 Å². The third-order valence-corrected chi connectivity index (χ3v) is 3.19. The number of phenolic OH excluding ortho intramolecular Hbond substituents is 2. The molecule has 0 unspecified atom stereocenters. The molecule has 0 spiro atoms. The molecule has 0 radical (unpaired) electrons. The Balaban J connectivity index is 2.44. The van der Waals surface area contributed by atoms with Gasteiger partial charge in [-0.25, -0.2) is 9.59 Å².